The summed E-state index contributed by atoms with van der Waals surface area (Å²) in [5.74, 6) is -1.37. The number of esters is 2. The fourth-order valence-electron chi connectivity index (χ4n) is 2.51. The van der Waals surface area contributed by atoms with Crippen molar-refractivity contribution >= 4 is 35.4 Å². The average Bonchev–Trinajstić information content (AvgIpc) is 2.75. The minimum atomic E-state index is -0.598. The summed E-state index contributed by atoms with van der Waals surface area (Å²) in [4.78, 5) is 33.3. The fraction of sp³-hybridized carbons (Fsp3) is 0.167. The first kappa shape index (κ1) is 22.2. The molecule has 31 heavy (non-hydrogen) atoms. The number of ether oxygens (including phenoxy) is 2. The lowest BCUT2D eigenvalue weighted by Crippen LogP contribution is -2.17. The number of hydrogen-bond donors (Lipinski definition) is 0. The van der Waals surface area contributed by atoms with Crippen LogP contribution in [-0.4, -0.2) is 23.1 Å². The van der Waals surface area contributed by atoms with Crippen LogP contribution >= 0.6 is 11.6 Å². The van der Waals surface area contributed by atoms with Crippen molar-refractivity contribution in [1.82, 2.24) is 4.98 Å². The lowest BCUT2D eigenvalue weighted by atomic mass is 10.1. The highest BCUT2D eigenvalue weighted by Gasteiger charge is 2.21. The Labute approximate surface area is 185 Å². The van der Waals surface area contributed by atoms with Gasteiger partial charge in [-0.3, -0.25) is 14.8 Å². The van der Waals surface area contributed by atoms with Gasteiger partial charge in [-0.2, -0.15) is 0 Å². The van der Waals surface area contributed by atoms with Crippen LogP contribution in [0.15, 0.2) is 65.9 Å². The van der Waals surface area contributed by atoms with E-state index in [0.717, 1.165) is 5.56 Å². The normalized spacial score (nSPS) is 11.0. The third-order valence-electron chi connectivity index (χ3n) is 4.21. The molecule has 0 spiro atoms. The molecule has 1 heterocycles. The summed E-state index contributed by atoms with van der Waals surface area (Å²) >= 11 is 6.25. The molecule has 0 N–H and O–H groups in total. The third kappa shape index (κ3) is 5.99. The highest BCUT2D eigenvalue weighted by atomic mass is 35.5. The minimum absolute atomic E-state index is 0.0275. The van der Waals surface area contributed by atoms with Gasteiger partial charge in [-0.15, -0.1) is 0 Å². The van der Waals surface area contributed by atoms with Gasteiger partial charge in [0.05, 0.1) is 23.4 Å². The zero-order chi connectivity index (χ0) is 22.4. The molecule has 0 aliphatic carbocycles. The van der Waals surface area contributed by atoms with Crippen LogP contribution in [0.25, 0.3) is 0 Å². The molecule has 0 unspecified atom stereocenters. The van der Waals surface area contributed by atoms with E-state index in [-0.39, 0.29) is 17.4 Å². The molecule has 0 aliphatic rings. The lowest BCUT2D eigenvalue weighted by Gasteiger charge is -2.15. The molecule has 0 fully saturated rings. The average molecular weight is 437 g/mol. The van der Waals surface area contributed by atoms with Crippen LogP contribution in [-0.2, 0) is 4.79 Å². The lowest BCUT2D eigenvalue weighted by molar-refractivity contribution is -0.137. The zero-order valence-corrected chi connectivity index (χ0v) is 18.1. The van der Waals surface area contributed by atoms with Crippen molar-refractivity contribution in [2.75, 3.05) is 0 Å². The second kappa shape index (κ2) is 10.00. The van der Waals surface area contributed by atoms with Gasteiger partial charge in [-0.1, -0.05) is 43.1 Å². The van der Waals surface area contributed by atoms with Crippen LogP contribution in [0.1, 0.15) is 35.3 Å². The van der Waals surface area contributed by atoms with Crippen molar-refractivity contribution in [2.45, 2.75) is 20.8 Å². The van der Waals surface area contributed by atoms with E-state index >= 15 is 0 Å². The Balaban J connectivity index is 2.00. The smallest absolute Gasteiger partial charge is 0.343 e. The Morgan fingerprint density at radius 3 is 2.48 bits per heavy atom. The summed E-state index contributed by atoms with van der Waals surface area (Å²) in [6.07, 6.45) is 4.70. The van der Waals surface area contributed by atoms with Gasteiger partial charge in [0.15, 0.2) is 11.5 Å². The number of halogens is 1. The predicted octanol–water partition coefficient (Wildman–Crippen LogP) is 5.57. The number of aromatic nitrogens is 1. The first-order chi connectivity index (χ1) is 14.8. The van der Waals surface area contributed by atoms with Gasteiger partial charge in [0.25, 0.3) is 0 Å². The van der Waals surface area contributed by atoms with Crippen LogP contribution in [0.4, 0.5) is 5.69 Å². The summed E-state index contributed by atoms with van der Waals surface area (Å²) in [6, 6.07) is 13.5. The first-order valence-corrected chi connectivity index (χ1v) is 9.99. The largest absolute Gasteiger partial charge is 0.422 e. The van der Waals surface area contributed by atoms with Crippen molar-refractivity contribution in [3.8, 4) is 11.5 Å². The second-order valence-electron chi connectivity index (χ2n) is 7.12. The molecule has 3 aromatic rings. The van der Waals surface area contributed by atoms with Crippen molar-refractivity contribution < 1.29 is 19.1 Å². The van der Waals surface area contributed by atoms with E-state index in [4.69, 9.17) is 21.1 Å². The van der Waals surface area contributed by atoms with Crippen LogP contribution < -0.4 is 9.47 Å². The highest BCUT2D eigenvalue weighted by molar-refractivity contribution is 6.31. The Bertz CT molecular complexity index is 1110. The molecule has 7 heteroatoms. The maximum absolute atomic E-state index is 12.7. The highest BCUT2D eigenvalue weighted by Crippen LogP contribution is 2.35. The van der Waals surface area contributed by atoms with Crippen LogP contribution in [0.2, 0.25) is 5.02 Å². The summed E-state index contributed by atoms with van der Waals surface area (Å²) in [7, 11) is 0. The monoisotopic (exact) mass is 436 g/mol. The standard InChI is InChI=1S/C24H21ClN2O4/c1-15(2)23(28)31-22-18(13-27-20-5-4-10-26-14-20)11-19(25)12-21(22)30-24(29)17-8-6-16(3)7-9-17/h4-15H,1-3H3. The molecule has 0 aliphatic heterocycles. The Morgan fingerprint density at radius 2 is 1.84 bits per heavy atom. The number of hydrogen-bond acceptors (Lipinski definition) is 6. The third-order valence-corrected chi connectivity index (χ3v) is 4.43. The zero-order valence-electron chi connectivity index (χ0n) is 17.3. The first-order valence-electron chi connectivity index (χ1n) is 9.61. The van der Waals surface area contributed by atoms with Gasteiger partial charge in [-0.25, -0.2) is 4.79 Å². The van der Waals surface area contributed by atoms with E-state index in [0.29, 0.717) is 21.8 Å². The van der Waals surface area contributed by atoms with Crippen LogP contribution in [0, 0.1) is 12.8 Å². The van der Waals surface area contributed by atoms with Crippen molar-refractivity contribution in [2.24, 2.45) is 10.9 Å². The molecule has 1 aromatic heterocycles. The molecular weight excluding hydrogens is 416 g/mol. The topological polar surface area (TPSA) is 77.8 Å². The van der Waals surface area contributed by atoms with E-state index in [1.807, 2.05) is 6.92 Å². The predicted molar refractivity (Wildman–Crippen MR) is 120 cm³/mol. The molecule has 0 bridgehead atoms. The molecule has 0 atom stereocenters. The van der Waals surface area contributed by atoms with E-state index < -0.39 is 11.9 Å². The van der Waals surface area contributed by atoms with Gasteiger partial charge >= 0.3 is 11.9 Å². The molecule has 2 aromatic carbocycles. The number of pyridine rings is 1. The van der Waals surface area contributed by atoms with Gasteiger partial charge in [0.1, 0.15) is 0 Å². The quantitative estimate of drug-likeness (QED) is 0.286. The van der Waals surface area contributed by atoms with E-state index in [1.165, 1.54) is 12.3 Å². The molecule has 6 nitrogen and oxygen atoms in total. The van der Waals surface area contributed by atoms with Crippen molar-refractivity contribution in [1.29, 1.82) is 0 Å². The van der Waals surface area contributed by atoms with Gasteiger partial charge in [-0.05, 0) is 37.3 Å². The van der Waals surface area contributed by atoms with E-state index in [1.54, 1.807) is 68.7 Å². The molecule has 0 saturated carbocycles. The van der Waals surface area contributed by atoms with Crippen LogP contribution in [0.5, 0.6) is 11.5 Å². The molecule has 0 amide bonds. The molecule has 3 rings (SSSR count). The molecule has 158 valence electrons. The number of nitrogens with zero attached hydrogens (tertiary/aromatic N) is 2. The Hall–Kier alpha value is -3.51. The van der Waals surface area contributed by atoms with E-state index in [2.05, 4.69) is 9.98 Å². The van der Waals surface area contributed by atoms with E-state index in [9.17, 15) is 9.59 Å². The molecule has 0 saturated heterocycles. The number of carbonyl (C=O) groups excluding carboxylic acids is 2. The summed E-state index contributed by atoms with van der Waals surface area (Å²) < 4.78 is 11.1. The Morgan fingerprint density at radius 1 is 1.10 bits per heavy atom. The van der Waals surface area contributed by atoms with Crippen molar-refractivity contribution in [3.63, 3.8) is 0 Å². The second-order valence-corrected chi connectivity index (χ2v) is 7.56. The number of benzene rings is 2. The number of carbonyl (C=O) groups is 2. The summed E-state index contributed by atoms with van der Waals surface area (Å²) in [5, 5.41) is 0.295. The molecule has 0 radical (unpaired) electrons. The number of aliphatic imine (C=N–C) groups is 1. The molecular formula is C24H21ClN2O4. The van der Waals surface area contributed by atoms with Crippen LogP contribution in [0.3, 0.4) is 0 Å². The summed E-state index contributed by atoms with van der Waals surface area (Å²) in [5.41, 5.74) is 2.36. The number of rotatable bonds is 6. The Kier molecular flexibility index (Phi) is 7.15. The summed E-state index contributed by atoms with van der Waals surface area (Å²) in [6.45, 7) is 5.34. The fourth-order valence-corrected chi connectivity index (χ4v) is 2.73. The van der Waals surface area contributed by atoms with Gasteiger partial charge in [0, 0.05) is 29.1 Å². The minimum Gasteiger partial charge on any atom is -0.422 e. The SMILES string of the molecule is Cc1ccc(C(=O)Oc2cc(Cl)cc(C=Nc3cccnc3)c2OC(=O)C(C)C)cc1. The van der Waals surface area contributed by atoms with Crippen molar-refractivity contribution in [3.05, 3.63) is 82.6 Å². The number of aryl methyl sites for hydroxylation is 1. The maximum Gasteiger partial charge on any atom is 0.343 e. The van der Waals surface area contributed by atoms with Gasteiger partial charge < -0.3 is 9.47 Å². The maximum atomic E-state index is 12.7. The van der Waals surface area contributed by atoms with Gasteiger partial charge in [0.2, 0.25) is 0 Å².